The number of β-amino-alcohol motifs (C(OH)–C–C–N with tert-alkyl or cyclic N) is 1. The highest BCUT2D eigenvalue weighted by atomic mass is 32.2. The Balaban J connectivity index is 1.82. The molecule has 2 aromatic carbocycles. The third-order valence-electron chi connectivity index (χ3n) is 6.31. The number of amides is 2. The Labute approximate surface area is 234 Å². The predicted molar refractivity (Wildman–Crippen MR) is 154 cm³/mol. The minimum Gasteiger partial charge on any atom is -0.467 e. The highest BCUT2D eigenvalue weighted by Crippen LogP contribution is 2.28. The number of ether oxygens (including phenoxy) is 2. The van der Waals surface area contributed by atoms with E-state index in [0.717, 1.165) is 11.3 Å². The first kappa shape index (κ1) is 30.3. The summed E-state index contributed by atoms with van der Waals surface area (Å²) < 4.78 is 10.4. The van der Waals surface area contributed by atoms with Gasteiger partial charge in [0.2, 0.25) is 0 Å². The molecule has 1 aliphatic heterocycles. The van der Waals surface area contributed by atoms with Gasteiger partial charge in [0.1, 0.15) is 11.6 Å². The number of aliphatic hydroxyl groups excluding tert-OH is 1. The minimum absolute atomic E-state index is 0.216. The molecule has 0 aliphatic carbocycles. The first-order chi connectivity index (χ1) is 18.5. The molecule has 3 rings (SSSR count). The van der Waals surface area contributed by atoms with Gasteiger partial charge in [0.05, 0.1) is 25.8 Å². The van der Waals surface area contributed by atoms with Crippen molar-refractivity contribution in [2.24, 2.45) is 0 Å². The van der Waals surface area contributed by atoms with Gasteiger partial charge in [0, 0.05) is 17.8 Å². The van der Waals surface area contributed by atoms with Crippen molar-refractivity contribution in [2.45, 2.75) is 57.4 Å². The summed E-state index contributed by atoms with van der Waals surface area (Å²) in [7, 11) is 1.31. The Bertz CT molecular complexity index is 1140. The van der Waals surface area contributed by atoms with Gasteiger partial charge in [-0.2, -0.15) is 11.8 Å². The first-order valence-electron chi connectivity index (χ1n) is 13.0. The maximum atomic E-state index is 13.3. The second kappa shape index (κ2) is 13.7. The van der Waals surface area contributed by atoms with Gasteiger partial charge in [-0.15, -0.1) is 0 Å². The molecule has 9 nitrogen and oxygen atoms in total. The molecule has 0 bridgehead atoms. The van der Waals surface area contributed by atoms with E-state index in [-0.39, 0.29) is 18.5 Å². The van der Waals surface area contributed by atoms with E-state index in [0.29, 0.717) is 36.3 Å². The molecule has 10 heteroatoms. The molecule has 212 valence electrons. The maximum Gasteiger partial charge on any atom is 0.410 e. The molecule has 1 saturated heterocycles. The lowest BCUT2D eigenvalue weighted by atomic mass is 9.98. The SMILES string of the molecule is COC(=O)[C@H](CCSC)NC(=O)c1ccc(NC[C@@H]2C[C@@H](O)CN2C(=O)OC(C)(C)C)cc1-c1ccccc1. The molecule has 0 radical (unpaired) electrons. The average Bonchev–Trinajstić information content (AvgIpc) is 3.29. The molecule has 1 aliphatic rings. The van der Waals surface area contributed by atoms with E-state index in [1.165, 1.54) is 7.11 Å². The predicted octanol–water partition coefficient (Wildman–Crippen LogP) is 4.16. The summed E-state index contributed by atoms with van der Waals surface area (Å²) in [4.78, 5) is 39.9. The van der Waals surface area contributed by atoms with Crippen LogP contribution in [0.3, 0.4) is 0 Å². The van der Waals surface area contributed by atoms with Gasteiger partial charge in [-0.1, -0.05) is 30.3 Å². The van der Waals surface area contributed by atoms with Crippen molar-refractivity contribution in [3.05, 3.63) is 54.1 Å². The lowest BCUT2D eigenvalue weighted by Gasteiger charge is -2.28. The van der Waals surface area contributed by atoms with Crippen LogP contribution in [0.2, 0.25) is 0 Å². The Morgan fingerprint density at radius 1 is 1.15 bits per heavy atom. The van der Waals surface area contributed by atoms with Crippen LogP contribution in [0, 0.1) is 0 Å². The number of benzene rings is 2. The zero-order chi connectivity index (χ0) is 28.6. The van der Waals surface area contributed by atoms with E-state index in [1.807, 2.05) is 63.4 Å². The number of aliphatic hydroxyl groups is 1. The van der Waals surface area contributed by atoms with E-state index in [2.05, 4.69) is 10.6 Å². The number of esters is 1. The lowest BCUT2D eigenvalue weighted by molar-refractivity contribution is -0.142. The number of methoxy groups -OCH3 is 1. The van der Waals surface area contributed by atoms with Crippen molar-refractivity contribution in [3.63, 3.8) is 0 Å². The molecule has 2 amide bonds. The molecule has 3 atom stereocenters. The van der Waals surface area contributed by atoms with Crippen LogP contribution >= 0.6 is 11.8 Å². The zero-order valence-electron chi connectivity index (χ0n) is 23.2. The van der Waals surface area contributed by atoms with Crippen LogP contribution in [0.5, 0.6) is 0 Å². The van der Waals surface area contributed by atoms with Crippen molar-refractivity contribution < 1.29 is 29.0 Å². The van der Waals surface area contributed by atoms with Crippen LogP contribution in [-0.4, -0.2) is 84.0 Å². The van der Waals surface area contributed by atoms with Crippen molar-refractivity contribution in [1.82, 2.24) is 10.2 Å². The third-order valence-corrected chi connectivity index (χ3v) is 6.96. The molecular formula is C29H39N3O6S. The smallest absolute Gasteiger partial charge is 0.410 e. The number of anilines is 1. The van der Waals surface area contributed by atoms with Crippen LogP contribution in [0.1, 0.15) is 44.0 Å². The van der Waals surface area contributed by atoms with Gasteiger partial charge in [-0.3, -0.25) is 4.79 Å². The van der Waals surface area contributed by atoms with E-state index in [1.54, 1.807) is 28.8 Å². The second-order valence-electron chi connectivity index (χ2n) is 10.5. The highest BCUT2D eigenvalue weighted by Gasteiger charge is 2.36. The van der Waals surface area contributed by atoms with E-state index in [9.17, 15) is 19.5 Å². The number of rotatable bonds is 10. The third kappa shape index (κ3) is 8.63. The Morgan fingerprint density at radius 3 is 2.51 bits per heavy atom. The van der Waals surface area contributed by atoms with Gasteiger partial charge in [-0.25, -0.2) is 9.59 Å². The molecule has 1 heterocycles. The Morgan fingerprint density at radius 2 is 1.87 bits per heavy atom. The Kier molecular flexibility index (Phi) is 10.7. The first-order valence-corrected chi connectivity index (χ1v) is 14.4. The average molecular weight is 558 g/mol. The van der Waals surface area contributed by atoms with Crippen LogP contribution in [0.15, 0.2) is 48.5 Å². The van der Waals surface area contributed by atoms with Crippen molar-refractivity contribution in [1.29, 1.82) is 0 Å². The summed E-state index contributed by atoms with van der Waals surface area (Å²) in [6, 6.07) is 13.9. The molecule has 0 saturated carbocycles. The fraction of sp³-hybridized carbons (Fsp3) is 0.483. The van der Waals surface area contributed by atoms with E-state index >= 15 is 0 Å². The summed E-state index contributed by atoms with van der Waals surface area (Å²) in [5.74, 6) is -0.151. The number of nitrogens with one attached hydrogen (secondary N) is 2. The summed E-state index contributed by atoms with van der Waals surface area (Å²) in [6.45, 7) is 6.04. The molecule has 0 unspecified atom stereocenters. The standard InChI is InChI=1S/C29H39N3O6S/c1-29(2,3)38-28(36)32-18-22(33)16-21(32)17-30-20-11-12-23(24(15-20)19-9-7-6-8-10-19)26(34)31-25(13-14-39-5)27(35)37-4/h6-12,15,21-22,25,30,33H,13-14,16-18H2,1-5H3,(H,31,34)/t21-,22+,25-/m0/s1. The molecule has 3 N–H and O–H groups in total. The van der Waals surface area contributed by atoms with E-state index < -0.39 is 29.8 Å². The van der Waals surface area contributed by atoms with Crippen molar-refractivity contribution in [2.75, 3.05) is 37.5 Å². The molecule has 0 spiro atoms. The van der Waals surface area contributed by atoms with Crippen LogP contribution in [-0.2, 0) is 14.3 Å². The summed E-state index contributed by atoms with van der Waals surface area (Å²) in [5.41, 5.74) is 2.09. The van der Waals surface area contributed by atoms with E-state index in [4.69, 9.17) is 9.47 Å². The topological polar surface area (TPSA) is 117 Å². The summed E-state index contributed by atoms with van der Waals surface area (Å²) in [5, 5.41) is 16.4. The molecule has 39 heavy (non-hydrogen) atoms. The number of hydrogen-bond donors (Lipinski definition) is 3. The van der Waals surface area contributed by atoms with Crippen molar-refractivity contribution in [3.8, 4) is 11.1 Å². The number of nitrogens with zero attached hydrogens (tertiary/aromatic N) is 1. The largest absolute Gasteiger partial charge is 0.467 e. The molecular weight excluding hydrogens is 518 g/mol. The minimum atomic E-state index is -0.746. The number of likely N-dealkylation sites (tertiary alicyclic amines) is 1. The number of hydrogen-bond acceptors (Lipinski definition) is 8. The second-order valence-corrected chi connectivity index (χ2v) is 11.5. The zero-order valence-corrected chi connectivity index (χ0v) is 24.0. The fourth-order valence-corrected chi connectivity index (χ4v) is 4.91. The number of carbonyl (C=O) groups is 3. The maximum absolute atomic E-state index is 13.3. The molecule has 0 aromatic heterocycles. The summed E-state index contributed by atoms with van der Waals surface area (Å²) >= 11 is 1.59. The van der Waals surface area contributed by atoms with Gasteiger partial charge in [0.15, 0.2) is 0 Å². The van der Waals surface area contributed by atoms with Gasteiger partial charge >= 0.3 is 12.1 Å². The fourth-order valence-electron chi connectivity index (χ4n) is 4.44. The van der Waals surface area contributed by atoms with Crippen LogP contribution in [0.25, 0.3) is 11.1 Å². The number of carbonyl (C=O) groups excluding carboxylic acids is 3. The normalized spacial score (nSPS) is 17.8. The lowest BCUT2D eigenvalue weighted by Crippen LogP contribution is -2.42. The van der Waals surface area contributed by atoms with Crippen LogP contribution in [0.4, 0.5) is 10.5 Å². The highest BCUT2D eigenvalue weighted by molar-refractivity contribution is 7.98. The molecule has 1 fully saturated rings. The van der Waals surface area contributed by atoms with Crippen LogP contribution < -0.4 is 10.6 Å². The number of thioether (sulfide) groups is 1. The van der Waals surface area contributed by atoms with Crippen molar-refractivity contribution >= 4 is 35.4 Å². The molecule has 2 aromatic rings. The summed E-state index contributed by atoms with van der Waals surface area (Å²) in [6.07, 6.45) is 1.76. The Hall–Kier alpha value is -3.24. The monoisotopic (exact) mass is 557 g/mol. The quantitative estimate of drug-likeness (QED) is 0.373. The van der Waals surface area contributed by atoms with Gasteiger partial charge < -0.3 is 30.1 Å². The van der Waals surface area contributed by atoms with Gasteiger partial charge in [-0.05, 0) is 74.9 Å². The van der Waals surface area contributed by atoms with Gasteiger partial charge in [0.25, 0.3) is 5.91 Å².